The molecule has 1 saturated carbocycles. The van der Waals surface area contributed by atoms with Gasteiger partial charge in [0.1, 0.15) is 0 Å². The molecule has 0 unspecified atom stereocenters. The Bertz CT molecular complexity index is 358. The van der Waals surface area contributed by atoms with Crippen LogP contribution in [-0.2, 0) is 0 Å². The van der Waals surface area contributed by atoms with Gasteiger partial charge in [0.15, 0.2) is 0 Å². The molecule has 94 valence electrons. The van der Waals surface area contributed by atoms with Gasteiger partial charge in [-0.05, 0) is 36.8 Å². The van der Waals surface area contributed by atoms with Gasteiger partial charge >= 0.3 is 0 Å². The van der Waals surface area contributed by atoms with Crippen LogP contribution in [0.4, 0.5) is 5.69 Å². The van der Waals surface area contributed by atoms with Crippen molar-refractivity contribution in [3.05, 3.63) is 29.8 Å². The summed E-state index contributed by atoms with van der Waals surface area (Å²) in [7, 11) is 2.19. The second-order valence-electron chi connectivity index (χ2n) is 5.25. The average molecular weight is 232 g/mol. The lowest BCUT2D eigenvalue weighted by molar-refractivity contribution is 0.321. The minimum Gasteiger partial charge on any atom is -0.374 e. The van der Waals surface area contributed by atoms with Crippen LogP contribution in [0.15, 0.2) is 24.3 Å². The fourth-order valence-electron chi connectivity index (χ4n) is 2.53. The molecule has 0 aromatic heterocycles. The summed E-state index contributed by atoms with van der Waals surface area (Å²) in [5, 5.41) is 0. The molecule has 2 heteroatoms. The van der Waals surface area contributed by atoms with E-state index in [2.05, 4.69) is 43.1 Å². The summed E-state index contributed by atoms with van der Waals surface area (Å²) in [5.74, 6) is 0.894. The number of para-hydroxylation sites is 1. The Balaban J connectivity index is 2.12. The van der Waals surface area contributed by atoms with Crippen LogP contribution in [-0.4, -0.2) is 13.6 Å². The topological polar surface area (TPSA) is 29.3 Å². The van der Waals surface area contributed by atoms with Gasteiger partial charge in [0.25, 0.3) is 0 Å². The summed E-state index contributed by atoms with van der Waals surface area (Å²) in [5.41, 5.74) is 8.79. The first-order valence-electron chi connectivity index (χ1n) is 6.78. The van der Waals surface area contributed by atoms with Crippen LogP contribution in [0.25, 0.3) is 0 Å². The Morgan fingerprint density at radius 1 is 1.35 bits per heavy atom. The lowest BCUT2D eigenvalue weighted by atomic mass is 9.85. The normalized spacial score (nSPS) is 17.6. The highest BCUT2D eigenvalue weighted by atomic mass is 15.1. The van der Waals surface area contributed by atoms with E-state index in [1.54, 1.807) is 0 Å². The van der Waals surface area contributed by atoms with Crippen LogP contribution >= 0.6 is 0 Å². The zero-order valence-electron chi connectivity index (χ0n) is 11.0. The molecule has 1 aromatic carbocycles. The molecule has 0 bridgehead atoms. The van der Waals surface area contributed by atoms with Gasteiger partial charge in [-0.25, -0.2) is 0 Å². The van der Waals surface area contributed by atoms with E-state index < -0.39 is 0 Å². The molecule has 1 aliphatic rings. The lowest BCUT2D eigenvalue weighted by Crippen LogP contribution is -2.30. The van der Waals surface area contributed by atoms with Crippen LogP contribution in [0.2, 0.25) is 0 Å². The molecule has 1 fully saturated rings. The maximum atomic E-state index is 6.18. The van der Waals surface area contributed by atoms with E-state index in [4.69, 9.17) is 5.73 Å². The third-order valence-corrected chi connectivity index (χ3v) is 3.94. The molecule has 17 heavy (non-hydrogen) atoms. The summed E-state index contributed by atoms with van der Waals surface area (Å²) in [6.07, 6.45) is 5.20. The number of nitrogens with two attached hydrogens (primary N) is 1. The third-order valence-electron chi connectivity index (χ3n) is 3.94. The summed E-state index contributed by atoms with van der Waals surface area (Å²) < 4.78 is 0. The maximum Gasteiger partial charge on any atom is 0.0412 e. The molecular formula is C15H24N2. The van der Waals surface area contributed by atoms with E-state index in [-0.39, 0.29) is 6.04 Å². The Kier molecular flexibility index (Phi) is 4.06. The fourth-order valence-corrected chi connectivity index (χ4v) is 2.53. The molecule has 1 aromatic rings. The van der Waals surface area contributed by atoms with Gasteiger partial charge in [0, 0.05) is 25.3 Å². The van der Waals surface area contributed by atoms with Crippen molar-refractivity contribution in [3.8, 4) is 0 Å². The number of rotatable bonds is 5. The van der Waals surface area contributed by atoms with E-state index in [1.165, 1.54) is 37.1 Å². The number of nitrogens with zero attached hydrogens (tertiary/aromatic N) is 1. The first kappa shape index (κ1) is 12.4. The highest BCUT2D eigenvalue weighted by molar-refractivity contribution is 5.54. The van der Waals surface area contributed by atoms with Crippen LogP contribution in [0.3, 0.4) is 0 Å². The molecule has 2 rings (SSSR count). The SMILES string of the molecule is CC[C@H](N)c1ccccc1N(C)CC1CCC1. The quantitative estimate of drug-likeness (QED) is 0.843. The molecule has 1 aliphatic carbocycles. The predicted octanol–water partition coefficient (Wildman–Crippen LogP) is 3.33. The molecule has 0 radical (unpaired) electrons. The van der Waals surface area contributed by atoms with E-state index in [0.717, 1.165) is 12.3 Å². The molecular weight excluding hydrogens is 208 g/mol. The monoisotopic (exact) mass is 232 g/mol. The van der Waals surface area contributed by atoms with Crippen molar-refractivity contribution < 1.29 is 0 Å². The van der Waals surface area contributed by atoms with Gasteiger partial charge in [-0.2, -0.15) is 0 Å². The van der Waals surface area contributed by atoms with Crippen molar-refractivity contribution in [1.82, 2.24) is 0 Å². The van der Waals surface area contributed by atoms with E-state index >= 15 is 0 Å². The highest BCUT2D eigenvalue weighted by Crippen LogP contribution is 2.31. The highest BCUT2D eigenvalue weighted by Gasteiger charge is 2.20. The van der Waals surface area contributed by atoms with Crippen molar-refractivity contribution in [2.24, 2.45) is 11.7 Å². The molecule has 0 aliphatic heterocycles. The summed E-state index contributed by atoms with van der Waals surface area (Å²) in [6.45, 7) is 3.32. The van der Waals surface area contributed by atoms with Crippen molar-refractivity contribution >= 4 is 5.69 Å². The summed E-state index contributed by atoms with van der Waals surface area (Å²) >= 11 is 0. The second kappa shape index (κ2) is 5.54. The molecule has 2 nitrogen and oxygen atoms in total. The van der Waals surface area contributed by atoms with E-state index in [0.29, 0.717) is 0 Å². The van der Waals surface area contributed by atoms with Gasteiger partial charge in [-0.3, -0.25) is 0 Å². The van der Waals surface area contributed by atoms with Crippen LogP contribution in [0.1, 0.15) is 44.2 Å². The first-order chi connectivity index (χ1) is 8.22. The molecule has 0 spiro atoms. The Hall–Kier alpha value is -1.02. The van der Waals surface area contributed by atoms with E-state index in [9.17, 15) is 0 Å². The van der Waals surface area contributed by atoms with Crippen molar-refractivity contribution in [1.29, 1.82) is 0 Å². The first-order valence-corrected chi connectivity index (χ1v) is 6.78. The zero-order valence-corrected chi connectivity index (χ0v) is 11.0. The number of anilines is 1. The standard InChI is InChI=1S/C15H24N2/c1-3-14(16)13-9-4-5-10-15(13)17(2)11-12-7-6-8-12/h4-5,9-10,12,14H,3,6-8,11,16H2,1-2H3/t14-/m0/s1. The Morgan fingerprint density at radius 2 is 2.06 bits per heavy atom. The Labute approximate surface area is 105 Å². The van der Waals surface area contributed by atoms with Gasteiger partial charge in [0.05, 0.1) is 0 Å². The number of hydrogen-bond acceptors (Lipinski definition) is 2. The zero-order chi connectivity index (χ0) is 12.3. The van der Waals surface area contributed by atoms with Crippen molar-refractivity contribution in [3.63, 3.8) is 0 Å². The predicted molar refractivity (Wildman–Crippen MR) is 74.3 cm³/mol. The molecule has 1 atom stereocenters. The van der Waals surface area contributed by atoms with Crippen molar-refractivity contribution in [2.75, 3.05) is 18.5 Å². The molecule has 0 saturated heterocycles. The largest absolute Gasteiger partial charge is 0.374 e. The minimum atomic E-state index is 0.162. The second-order valence-corrected chi connectivity index (χ2v) is 5.25. The van der Waals surface area contributed by atoms with Crippen LogP contribution < -0.4 is 10.6 Å². The van der Waals surface area contributed by atoms with Crippen molar-refractivity contribution in [2.45, 2.75) is 38.6 Å². The lowest BCUT2D eigenvalue weighted by Gasteiger charge is -2.33. The van der Waals surface area contributed by atoms with Gasteiger partial charge in [-0.1, -0.05) is 31.5 Å². The Morgan fingerprint density at radius 3 is 2.65 bits per heavy atom. The third kappa shape index (κ3) is 2.81. The van der Waals surface area contributed by atoms with Crippen LogP contribution in [0, 0.1) is 5.92 Å². The summed E-state index contributed by atoms with van der Waals surface area (Å²) in [4.78, 5) is 2.38. The number of hydrogen-bond donors (Lipinski definition) is 1. The van der Waals surface area contributed by atoms with Gasteiger partial charge < -0.3 is 10.6 Å². The summed E-state index contributed by atoms with van der Waals surface area (Å²) in [6, 6.07) is 8.73. The van der Waals surface area contributed by atoms with Crippen LogP contribution in [0.5, 0.6) is 0 Å². The fraction of sp³-hybridized carbons (Fsp3) is 0.600. The van der Waals surface area contributed by atoms with E-state index in [1.807, 2.05) is 0 Å². The molecule has 0 amide bonds. The molecule has 2 N–H and O–H groups in total. The maximum absolute atomic E-state index is 6.18. The average Bonchev–Trinajstić information content (AvgIpc) is 2.32. The smallest absolute Gasteiger partial charge is 0.0412 e. The van der Waals surface area contributed by atoms with Gasteiger partial charge in [-0.15, -0.1) is 0 Å². The number of benzene rings is 1. The minimum absolute atomic E-state index is 0.162. The molecule has 0 heterocycles. The van der Waals surface area contributed by atoms with Gasteiger partial charge in [0.2, 0.25) is 0 Å².